The highest BCUT2D eigenvalue weighted by Crippen LogP contribution is 2.23. The maximum atomic E-state index is 11.7. The number of amides is 1. The minimum atomic E-state index is 0.0384. The summed E-state index contributed by atoms with van der Waals surface area (Å²) in [5.41, 5.74) is 2.27. The molecule has 0 radical (unpaired) electrons. The molecule has 0 atom stereocenters. The molecule has 0 spiro atoms. The lowest BCUT2D eigenvalue weighted by molar-refractivity contribution is -0.126. The van der Waals surface area contributed by atoms with Crippen molar-refractivity contribution in [1.29, 1.82) is 0 Å². The van der Waals surface area contributed by atoms with Crippen LogP contribution in [-0.4, -0.2) is 22.5 Å². The average molecular weight is 217 g/mol. The van der Waals surface area contributed by atoms with E-state index in [4.69, 9.17) is 0 Å². The first-order chi connectivity index (χ1) is 7.70. The van der Waals surface area contributed by atoms with Gasteiger partial charge in [-0.25, -0.2) is 0 Å². The minimum Gasteiger partial charge on any atom is -0.508 e. The maximum absolute atomic E-state index is 11.7. The van der Waals surface area contributed by atoms with Gasteiger partial charge in [0.15, 0.2) is 0 Å². The summed E-state index contributed by atoms with van der Waals surface area (Å²) >= 11 is 0. The van der Waals surface area contributed by atoms with E-state index in [1.807, 2.05) is 13.0 Å². The third kappa shape index (κ3) is 2.08. The van der Waals surface area contributed by atoms with Gasteiger partial charge in [0.1, 0.15) is 5.75 Å². The summed E-state index contributed by atoms with van der Waals surface area (Å²) in [5, 5.41) is 9.40. The Morgan fingerprint density at radius 2 is 2.25 bits per heavy atom. The molecule has 3 heteroatoms. The van der Waals surface area contributed by atoms with Crippen molar-refractivity contribution in [3.63, 3.8) is 0 Å². The van der Waals surface area contributed by atoms with Gasteiger partial charge in [0.05, 0.1) is 0 Å². The van der Waals surface area contributed by atoms with Gasteiger partial charge < -0.3 is 10.0 Å². The van der Waals surface area contributed by atoms with Crippen LogP contribution in [0.1, 0.15) is 18.1 Å². The van der Waals surface area contributed by atoms with Crippen LogP contribution in [0, 0.1) is 0 Å². The van der Waals surface area contributed by atoms with E-state index in [0.717, 1.165) is 18.5 Å². The number of hydrogen-bond acceptors (Lipinski definition) is 2. The molecule has 1 aliphatic rings. The molecule has 0 bridgehead atoms. The van der Waals surface area contributed by atoms with E-state index in [-0.39, 0.29) is 11.7 Å². The van der Waals surface area contributed by atoms with E-state index >= 15 is 0 Å². The number of benzene rings is 1. The highest BCUT2D eigenvalue weighted by Gasteiger charge is 2.18. The van der Waals surface area contributed by atoms with E-state index < -0.39 is 0 Å². The molecule has 0 fully saturated rings. The summed E-state index contributed by atoms with van der Waals surface area (Å²) in [7, 11) is 0. The van der Waals surface area contributed by atoms with Gasteiger partial charge in [0.2, 0.25) is 5.91 Å². The molecule has 0 aromatic heterocycles. The minimum absolute atomic E-state index is 0.0384. The number of carbonyl (C=O) groups is 1. The van der Waals surface area contributed by atoms with Crippen LogP contribution in [0.4, 0.5) is 0 Å². The van der Waals surface area contributed by atoms with Crippen LogP contribution in [0.5, 0.6) is 5.75 Å². The molecular formula is C13H15NO2. The topological polar surface area (TPSA) is 40.5 Å². The molecule has 2 rings (SSSR count). The van der Waals surface area contributed by atoms with Crippen LogP contribution in [0.3, 0.4) is 0 Å². The number of aromatic hydroxyl groups is 1. The molecule has 16 heavy (non-hydrogen) atoms. The van der Waals surface area contributed by atoms with Gasteiger partial charge in [-0.3, -0.25) is 4.79 Å². The number of fused-ring (bicyclic) bond motifs is 1. The fraction of sp³-hybridized carbons (Fsp3) is 0.308. The van der Waals surface area contributed by atoms with Crippen LogP contribution >= 0.6 is 0 Å². The number of nitrogens with zero attached hydrogens (tertiary/aromatic N) is 1. The molecule has 0 unspecified atom stereocenters. The van der Waals surface area contributed by atoms with Crippen molar-refractivity contribution in [1.82, 2.24) is 4.90 Å². The average Bonchev–Trinajstić information content (AvgIpc) is 2.28. The molecule has 1 amide bonds. The van der Waals surface area contributed by atoms with Gasteiger partial charge in [-0.15, -0.1) is 0 Å². The SMILES string of the molecule is CC=CC(=O)N1CCc2ccc(O)cc2C1. The number of rotatable bonds is 1. The second kappa shape index (κ2) is 4.39. The number of allylic oxidation sites excluding steroid dienone is 1. The first kappa shape index (κ1) is 10.7. The van der Waals surface area contributed by atoms with Gasteiger partial charge in [0.25, 0.3) is 0 Å². The van der Waals surface area contributed by atoms with Gasteiger partial charge in [0, 0.05) is 13.1 Å². The van der Waals surface area contributed by atoms with E-state index in [0.29, 0.717) is 6.54 Å². The van der Waals surface area contributed by atoms with Crippen molar-refractivity contribution in [2.45, 2.75) is 19.9 Å². The fourth-order valence-corrected chi connectivity index (χ4v) is 1.98. The molecule has 1 heterocycles. The van der Waals surface area contributed by atoms with Crippen molar-refractivity contribution < 1.29 is 9.90 Å². The summed E-state index contributed by atoms with van der Waals surface area (Å²) in [4.78, 5) is 13.5. The quantitative estimate of drug-likeness (QED) is 0.729. The normalized spacial score (nSPS) is 15.2. The third-order valence-electron chi connectivity index (χ3n) is 2.82. The number of phenols is 1. The molecule has 1 aromatic carbocycles. The Kier molecular flexibility index (Phi) is 2.95. The zero-order valence-corrected chi connectivity index (χ0v) is 9.31. The van der Waals surface area contributed by atoms with Gasteiger partial charge in [-0.1, -0.05) is 12.1 Å². The highest BCUT2D eigenvalue weighted by atomic mass is 16.3. The van der Waals surface area contributed by atoms with Crippen molar-refractivity contribution in [3.8, 4) is 5.75 Å². The zero-order chi connectivity index (χ0) is 11.5. The van der Waals surface area contributed by atoms with E-state index in [9.17, 15) is 9.90 Å². The Bertz CT molecular complexity index is 438. The van der Waals surface area contributed by atoms with E-state index in [2.05, 4.69) is 0 Å². The van der Waals surface area contributed by atoms with Crippen LogP contribution in [0.2, 0.25) is 0 Å². The predicted molar refractivity (Wildman–Crippen MR) is 62.0 cm³/mol. The lowest BCUT2D eigenvalue weighted by Gasteiger charge is -2.28. The molecule has 0 saturated carbocycles. The second-order valence-electron chi connectivity index (χ2n) is 3.96. The van der Waals surface area contributed by atoms with Crippen molar-refractivity contribution in [2.75, 3.05) is 6.54 Å². The van der Waals surface area contributed by atoms with Gasteiger partial charge in [-0.2, -0.15) is 0 Å². The Balaban J connectivity index is 2.19. The molecule has 0 saturated heterocycles. The third-order valence-corrected chi connectivity index (χ3v) is 2.82. The summed E-state index contributed by atoms with van der Waals surface area (Å²) in [6.07, 6.45) is 4.19. The monoisotopic (exact) mass is 217 g/mol. The number of phenolic OH excluding ortho intramolecular Hbond substituents is 1. The largest absolute Gasteiger partial charge is 0.508 e. The zero-order valence-electron chi connectivity index (χ0n) is 9.31. The summed E-state index contributed by atoms with van der Waals surface area (Å²) < 4.78 is 0. The Morgan fingerprint density at radius 1 is 1.44 bits per heavy atom. The van der Waals surface area contributed by atoms with Gasteiger partial charge in [-0.05, 0) is 42.7 Å². The lowest BCUT2D eigenvalue weighted by Crippen LogP contribution is -2.34. The molecular weight excluding hydrogens is 202 g/mol. The summed E-state index contributed by atoms with van der Waals surface area (Å²) in [6.45, 7) is 3.18. The van der Waals surface area contributed by atoms with Crippen LogP contribution < -0.4 is 0 Å². The smallest absolute Gasteiger partial charge is 0.246 e. The van der Waals surface area contributed by atoms with Crippen molar-refractivity contribution >= 4 is 5.91 Å². The fourth-order valence-electron chi connectivity index (χ4n) is 1.98. The van der Waals surface area contributed by atoms with E-state index in [1.165, 1.54) is 5.56 Å². The molecule has 1 aromatic rings. The number of hydrogen-bond donors (Lipinski definition) is 1. The van der Waals surface area contributed by atoms with Crippen LogP contribution in [-0.2, 0) is 17.8 Å². The van der Waals surface area contributed by atoms with Crippen molar-refractivity contribution in [2.24, 2.45) is 0 Å². The summed E-state index contributed by atoms with van der Waals surface area (Å²) in [5.74, 6) is 0.301. The first-order valence-electron chi connectivity index (χ1n) is 5.43. The molecule has 84 valence electrons. The standard InChI is InChI=1S/C13H15NO2/c1-2-3-13(16)14-7-6-10-4-5-12(15)8-11(10)9-14/h2-5,8,15H,6-7,9H2,1H3. The first-order valence-corrected chi connectivity index (χ1v) is 5.43. The van der Waals surface area contributed by atoms with E-state index in [1.54, 1.807) is 29.2 Å². The lowest BCUT2D eigenvalue weighted by atomic mass is 9.99. The molecule has 1 aliphatic heterocycles. The van der Waals surface area contributed by atoms with Crippen LogP contribution in [0.25, 0.3) is 0 Å². The maximum Gasteiger partial charge on any atom is 0.246 e. The Morgan fingerprint density at radius 3 is 3.00 bits per heavy atom. The molecule has 0 aliphatic carbocycles. The number of carbonyl (C=O) groups excluding carboxylic acids is 1. The predicted octanol–water partition coefficient (Wildman–Crippen LogP) is 1.85. The Labute approximate surface area is 95.0 Å². The van der Waals surface area contributed by atoms with Gasteiger partial charge >= 0.3 is 0 Å². The van der Waals surface area contributed by atoms with Crippen molar-refractivity contribution in [3.05, 3.63) is 41.5 Å². The Hall–Kier alpha value is -1.77. The summed E-state index contributed by atoms with van der Waals surface area (Å²) in [6, 6.07) is 5.37. The van der Waals surface area contributed by atoms with Crippen LogP contribution in [0.15, 0.2) is 30.4 Å². The second-order valence-corrected chi connectivity index (χ2v) is 3.96. The molecule has 1 N–H and O–H groups in total. The molecule has 3 nitrogen and oxygen atoms in total. The highest BCUT2D eigenvalue weighted by molar-refractivity contribution is 5.87.